The van der Waals surface area contributed by atoms with Gasteiger partial charge in [-0.25, -0.2) is 4.52 Å². The van der Waals surface area contributed by atoms with Crippen molar-refractivity contribution in [2.45, 2.75) is 38.6 Å². The lowest BCUT2D eigenvalue weighted by Crippen LogP contribution is -2.28. The molecule has 2 aromatic rings. The van der Waals surface area contributed by atoms with Gasteiger partial charge in [0.2, 0.25) is 0 Å². The molecular formula is C16H23N3. The average molecular weight is 257 g/mol. The van der Waals surface area contributed by atoms with Gasteiger partial charge in [-0.2, -0.15) is 5.10 Å². The van der Waals surface area contributed by atoms with Crippen LogP contribution in [0.4, 0.5) is 0 Å². The number of fused-ring (bicyclic) bond motifs is 1. The van der Waals surface area contributed by atoms with Gasteiger partial charge in [-0.05, 0) is 43.9 Å². The minimum Gasteiger partial charge on any atom is -0.313 e. The highest BCUT2D eigenvalue weighted by atomic mass is 15.2. The van der Waals surface area contributed by atoms with Crippen molar-refractivity contribution in [1.29, 1.82) is 0 Å². The fourth-order valence-corrected chi connectivity index (χ4v) is 3.46. The molecule has 1 aliphatic rings. The maximum absolute atomic E-state index is 4.47. The molecule has 0 spiro atoms. The Hall–Kier alpha value is -1.35. The zero-order chi connectivity index (χ0) is 13.2. The number of nitrogens with zero attached hydrogens (tertiary/aromatic N) is 2. The molecule has 3 nitrogen and oxygen atoms in total. The SMILES string of the molecule is CNC(c1cnn2ccccc12)C1CCC(C)CC1. The second-order valence-electron chi connectivity index (χ2n) is 5.92. The molecule has 2 heterocycles. The zero-order valence-corrected chi connectivity index (χ0v) is 11.8. The molecule has 1 fully saturated rings. The van der Waals surface area contributed by atoms with Crippen LogP contribution in [0.3, 0.4) is 0 Å². The van der Waals surface area contributed by atoms with Crippen LogP contribution in [0.1, 0.15) is 44.2 Å². The largest absolute Gasteiger partial charge is 0.313 e. The standard InChI is InChI=1S/C16H23N3/c1-12-6-8-13(9-7-12)16(17-2)14-11-18-19-10-4-3-5-15(14)19/h3-5,10-13,16-17H,6-9H2,1-2H3. The molecule has 1 N–H and O–H groups in total. The lowest BCUT2D eigenvalue weighted by Gasteiger charge is -2.32. The Morgan fingerprint density at radius 2 is 2.05 bits per heavy atom. The van der Waals surface area contributed by atoms with Crippen LogP contribution in [-0.4, -0.2) is 16.7 Å². The summed E-state index contributed by atoms with van der Waals surface area (Å²) in [7, 11) is 2.08. The highest BCUT2D eigenvalue weighted by Gasteiger charge is 2.27. The van der Waals surface area contributed by atoms with E-state index >= 15 is 0 Å². The molecule has 3 heteroatoms. The van der Waals surface area contributed by atoms with Gasteiger partial charge in [0.05, 0.1) is 11.7 Å². The van der Waals surface area contributed by atoms with Gasteiger partial charge in [-0.3, -0.25) is 0 Å². The first-order chi connectivity index (χ1) is 9.29. The predicted octanol–water partition coefficient (Wildman–Crippen LogP) is 3.42. The third-order valence-electron chi connectivity index (χ3n) is 4.63. The molecule has 0 aromatic carbocycles. The van der Waals surface area contributed by atoms with Gasteiger partial charge in [-0.15, -0.1) is 0 Å². The summed E-state index contributed by atoms with van der Waals surface area (Å²) in [5.74, 6) is 1.65. The quantitative estimate of drug-likeness (QED) is 0.913. The molecule has 1 unspecified atom stereocenters. The Morgan fingerprint density at radius 3 is 2.79 bits per heavy atom. The van der Waals surface area contributed by atoms with Gasteiger partial charge in [0.25, 0.3) is 0 Å². The number of pyridine rings is 1. The van der Waals surface area contributed by atoms with Crippen molar-refractivity contribution in [2.75, 3.05) is 7.05 Å². The Morgan fingerprint density at radius 1 is 1.26 bits per heavy atom. The summed E-state index contributed by atoms with van der Waals surface area (Å²) in [5.41, 5.74) is 2.59. The van der Waals surface area contributed by atoms with E-state index in [1.807, 2.05) is 23.0 Å². The molecule has 0 radical (unpaired) electrons. The van der Waals surface area contributed by atoms with Crippen LogP contribution < -0.4 is 5.32 Å². The van der Waals surface area contributed by atoms with Gasteiger partial charge in [0.15, 0.2) is 0 Å². The molecule has 19 heavy (non-hydrogen) atoms. The van der Waals surface area contributed by atoms with Crippen LogP contribution in [0.25, 0.3) is 5.52 Å². The molecule has 0 saturated heterocycles. The van der Waals surface area contributed by atoms with Crippen LogP contribution in [0, 0.1) is 11.8 Å². The lowest BCUT2D eigenvalue weighted by atomic mass is 9.77. The maximum Gasteiger partial charge on any atom is 0.0709 e. The molecule has 1 atom stereocenters. The van der Waals surface area contributed by atoms with Crippen molar-refractivity contribution < 1.29 is 0 Å². The second kappa shape index (κ2) is 5.33. The number of hydrogen-bond acceptors (Lipinski definition) is 2. The molecule has 0 aliphatic heterocycles. The molecule has 102 valence electrons. The van der Waals surface area contributed by atoms with E-state index in [1.165, 1.54) is 36.8 Å². The van der Waals surface area contributed by atoms with Crippen LogP contribution in [0.15, 0.2) is 30.6 Å². The molecule has 0 bridgehead atoms. The first-order valence-corrected chi connectivity index (χ1v) is 7.39. The fourth-order valence-electron chi connectivity index (χ4n) is 3.46. The third kappa shape index (κ3) is 2.39. The lowest BCUT2D eigenvalue weighted by molar-refractivity contribution is 0.239. The van der Waals surface area contributed by atoms with Crippen LogP contribution in [0.5, 0.6) is 0 Å². The zero-order valence-electron chi connectivity index (χ0n) is 11.8. The first kappa shape index (κ1) is 12.7. The molecule has 1 saturated carbocycles. The summed E-state index contributed by atoms with van der Waals surface area (Å²) < 4.78 is 1.98. The maximum atomic E-state index is 4.47. The fraction of sp³-hybridized carbons (Fsp3) is 0.562. The smallest absolute Gasteiger partial charge is 0.0709 e. The van der Waals surface area contributed by atoms with E-state index in [9.17, 15) is 0 Å². The van der Waals surface area contributed by atoms with Crippen molar-refractivity contribution in [2.24, 2.45) is 11.8 Å². The van der Waals surface area contributed by atoms with E-state index in [2.05, 4.69) is 36.5 Å². The minimum atomic E-state index is 0.437. The van der Waals surface area contributed by atoms with E-state index in [4.69, 9.17) is 0 Å². The Kier molecular flexibility index (Phi) is 3.56. The monoisotopic (exact) mass is 257 g/mol. The highest BCUT2D eigenvalue weighted by molar-refractivity contribution is 5.55. The van der Waals surface area contributed by atoms with Crippen LogP contribution >= 0.6 is 0 Å². The summed E-state index contributed by atoms with van der Waals surface area (Å²) in [6.07, 6.45) is 9.45. The first-order valence-electron chi connectivity index (χ1n) is 7.39. The van der Waals surface area contributed by atoms with Crippen LogP contribution in [-0.2, 0) is 0 Å². The Balaban J connectivity index is 1.89. The number of rotatable bonds is 3. The minimum absolute atomic E-state index is 0.437. The van der Waals surface area contributed by atoms with Crippen molar-refractivity contribution in [1.82, 2.24) is 14.9 Å². The molecule has 2 aromatic heterocycles. The van der Waals surface area contributed by atoms with Crippen LogP contribution in [0.2, 0.25) is 0 Å². The highest BCUT2D eigenvalue weighted by Crippen LogP contribution is 2.37. The summed E-state index contributed by atoms with van der Waals surface area (Å²) >= 11 is 0. The average Bonchev–Trinajstić information content (AvgIpc) is 2.86. The van der Waals surface area contributed by atoms with Crippen molar-refractivity contribution in [3.63, 3.8) is 0 Å². The third-order valence-corrected chi connectivity index (χ3v) is 4.63. The van der Waals surface area contributed by atoms with Crippen molar-refractivity contribution in [3.8, 4) is 0 Å². The summed E-state index contributed by atoms with van der Waals surface area (Å²) in [6, 6.07) is 6.72. The van der Waals surface area contributed by atoms with E-state index in [1.54, 1.807) is 0 Å². The van der Waals surface area contributed by atoms with Gasteiger partial charge in [-0.1, -0.05) is 25.8 Å². The summed E-state index contributed by atoms with van der Waals surface area (Å²) in [6.45, 7) is 2.37. The molecule has 1 aliphatic carbocycles. The Bertz CT molecular complexity index is 538. The Labute approximate surface area is 115 Å². The predicted molar refractivity (Wildman–Crippen MR) is 78.1 cm³/mol. The summed E-state index contributed by atoms with van der Waals surface area (Å²) in [4.78, 5) is 0. The number of nitrogens with one attached hydrogen (secondary N) is 1. The van der Waals surface area contributed by atoms with E-state index in [-0.39, 0.29) is 0 Å². The van der Waals surface area contributed by atoms with E-state index in [0.29, 0.717) is 6.04 Å². The number of aromatic nitrogens is 2. The van der Waals surface area contributed by atoms with Crippen molar-refractivity contribution >= 4 is 5.52 Å². The van der Waals surface area contributed by atoms with Gasteiger partial charge >= 0.3 is 0 Å². The topological polar surface area (TPSA) is 29.3 Å². The van der Waals surface area contributed by atoms with E-state index in [0.717, 1.165) is 11.8 Å². The van der Waals surface area contributed by atoms with Gasteiger partial charge in [0.1, 0.15) is 0 Å². The summed E-state index contributed by atoms with van der Waals surface area (Å²) in [5, 5.41) is 8.00. The number of hydrogen-bond donors (Lipinski definition) is 1. The molecule has 0 amide bonds. The van der Waals surface area contributed by atoms with E-state index < -0.39 is 0 Å². The van der Waals surface area contributed by atoms with Gasteiger partial charge < -0.3 is 5.32 Å². The normalized spacial score (nSPS) is 25.6. The second-order valence-corrected chi connectivity index (χ2v) is 5.92. The molecule has 3 rings (SSSR count). The van der Waals surface area contributed by atoms with Gasteiger partial charge in [0, 0.05) is 17.8 Å². The molecular weight excluding hydrogens is 234 g/mol. The van der Waals surface area contributed by atoms with Crippen molar-refractivity contribution in [3.05, 3.63) is 36.2 Å².